The van der Waals surface area contributed by atoms with Gasteiger partial charge in [0.05, 0.1) is 12.1 Å². The molecule has 0 amide bonds. The van der Waals surface area contributed by atoms with Crippen molar-refractivity contribution in [1.29, 1.82) is 5.26 Å². The Hall–Kier alpha value is -0.590. The van der Waals surface area contributed by atoms with Gasteiger partial charge in [-0.05, 0) is 43.9 Å². The Balaban J connectivity index is 1.68. The van der Waals surface area contributed by atoms with Gasteiger partial charge in [-0.1, -0.05) is 0 Å². The highest BCUT2D eigenvalue weighted by atomic mass is 15.1. The monoisotopic (exact) mass is 207 g/mol. The third-order valence-corrected chi connectivity index (χ3v) is 3.35. The van der Waals surface area contributed by atoms with Gasteiger partial charge in [0.1, 0.15) is 0 Å². The summed E-state index contributed by atoms with van der Waals surface area (Å²) in [4.78, 5) is 2.53. The molecule has 3 heteroatoms. The number of hydrogen-bond acceptors (Lipinski definition) is 3. The van der Waals surface area contributed by atoms with E-state index in [-0.39, 0.29) is 6.04 Å². The first-order chi connectivity index (χ1) is 7.28. The van der Waals surface area contributed by atoms with Gasteiger partial charge in [0.25, 0.3) is 0 Å². The lowest BCUT2D eigenvalue weighted by atomic mass is 10.2. The Morgan fingerprint density at radius 2 is 1.73 bits per heavy atom. The zero-order chi connectivity index (χ0) is 10.7. The van der Waals surface area contributed by atoms with Gasteiger partial charge in [-0.2, -0.15) is 5.26 Å². The minimum Gasteiger partial charge on any atom is -0.316 e. The Morgan fingerprint density at radius 1 is 1.20 bits per heavy atom. The summed E-state index contributed by atoms with van der Waals surface area (Å²) in [5.41, 5.74) is 5.63. The lowest BCUT2D eigenvalue weighted by Gasteiger charge is -2.22. The van der Waals surface area contributed by atoms with Crippen LogP contribution in [-0.2, 0) is 0 Å². The van der Waals surface area contributed by atoms with E-state index in [9.17, 15) is 0 Å². The van der Waals surface area contributed by atoms with Crippen molar-refractivity contribution in [3.63, 3.8) is 0 Å². The molecule has 0 radical (unpaired) electrons. The van der Waals surface area contributed by atoms with Crippen LogP contribution in [0.5, 0.6) is 0 Å². The van der Waals surface area contributed by atoms with Gasteiger partial charge in [-0.3, -0.25) is 0 Å². The average molecular weight is 207 g/mol. The molecule has 1 atom stereocenters. The lowest BCUT2D eigenvalue weighted by Crippen LogP contribution is -2.33. The third kappa shape index (κ3) is 4.19. The summed E-state index contributed by atoms with van der Waals surface area (Å²) in [6.07, 6.45) is 6.46. The van der Waals surface area contributed by atoms with Crippen LogP contribution in [-0.4, -0.2) is 30.6 Å². The first-order valence-corrected chi connectivity index (χ1v) is 6.15. The van der Waals surface area contributed by atoms with Crippen LogP contribution >= 0.6 is 0 Å². The summed E-state index contributed by atoms with van der Waals surface area (Å²) in [7, 11) is 0. The lowest BCUT2D eigenvalue weighted by molar-refractivity contribution is 0.247. The SMILES string of the molecule is N#CC(N)CCN(CC1CC1)CC1CC1. The highest BCUT2D eigenvalue weighted by Gasteiger charge is 2.28. The molecule has 0 aliphatic heterocycles. The van der Waals surface area contributed by atoms with E-state index in [1.54, 1.807) is 0 Å². The first-order valence-electron chi connectivity index (χ1n) is 6.15. The third-order valence-electron chi connectivity index (χ3n) is 3.35. The van der Waals surface area contributed by atoms with E-state index in [0.717, 1.165) is 24.8 Å². The number of hydrogen-bond donors (Lipinski definition) is 1. The van der Waals surface area contributed by atoms with Gasteiger partial charge in [-0.15, -0.1) is 0 Å². The maximum atomic E-state index is 8.64. The summed E-state index contributed by atoms with van der Waals surface area (Å²) >= 11 is 0. The van der Waals surface area contributed by atoms with E-state index in [1.807, 2.05) is 0 Å². The first kappa shape index (κ1) is 10.9. The van der Waals surface area contributed by atoms with Crippen LogP contribution in [0.3, 0.4) is 0 Å². The molecular formula is C12H21N3. The topological polar surface area (TPSA) is 53.1 Å². The average Bonchev–Trinajstić information content (AvgIpc) is 3.08. The normalized spacial score (nSPS) is 22.7. The van der Waals surface area contributed by atoms with Gasteiger partial charge < -0.3 is 10.6 Å². The Kier molecular flexibility index (Phi) is 3.61. The van der Waals surface area contributed by atoms with Crippen LogP contribution in [0, 0.1) is 23.2 Å². The van der Waals surface area contributed by atoms with E-state index in [2.05, 4.69) is 11.0 Å². The molecule has 0 aromatic rings. The van der Waals surface area contributed by atoms with Crippen molar-refractivity contribution >= 4 is 0 Å². The molecule has 0 heterocycles. The predicted octanol–water partition coefficient (Wildman–Crippen LogP) is 1.35. The number of nitrogens with zero attached hydrogens (tertiary/aromatic N) is 2. The van der Waals surface area contributed by atoms with Crippen molar-refractivity contribution in [3.8, 4) is 6.07 Å². The van der Waals surface area contributed by atoms with Crippen LogP contribution < -0.4 is 5.73 Å². The smallest absolute Gasteiger partial charge is 0.0940 e. The Bertz CT molecular complexity index is 224. The van der Waals surface area contributed by atoms with Crippen molar-refractivity contribution in [1.82, 2.24) is 4.90 Å². The molecule has 0 spiro atoms. The zero-order valence-electron chi connectivity index (χ0n) is 9.36. The summed E-state index contributed by atoms with van der Waals surface area (Å²) in [6.45, 7) is 3.50. The van der Waals surface area contributed by atoms with Crippen molar-refractivity contribution < 1.29 is 0 Å². The van der Waals surface area contributed by atoms with Crippen molar-refractivity contribution in [3.05, 3.63) is 0 Å². The Labute approximate surface area is 92.2 Å². The van der Waals surface area contributed by atoms with Crippen LogP contribution in [0.4, 0.5) is 0 Å². The van der Waals surface area contributed by atoms with Crippen LogP contribution in [0.1, 0.15) is 32.1 Å². The van der Waals surface area contributed by atoms with Crippen molar-refractivity contribution in [2.75, 3.05) is 19.6 Å². The second-order valence-electron chi connectivity index (χ2n) is 5.17. The molecule has 84 valence electrons. The molecule has 0 saturated heterocycles. The van der Waals surface area contributed by atoms with Gasteiger partial charge in [0, 0.05) is 19.6 Å². The minimum atomic E-state index is -0.272. The molecule has 2 aliphatic carbocycles. The second-order valence-corrected chi connectivity index (χ2v) is 5.17. The molecule has 0 aromatic carbocycles. The molecule has 2 aliphatic rings. The summed E-state index contributed by atoms with van der Waals surface area (Å²) in [6, 6.07) is 1.84. The maximum Gasteiger partial charge on any atom is 0.0940 e. The summed E-state index contributed by atoms with van der Waals surface area (Å²) in [5, 5.41) is 8.64. The fourth-order valence-electron chi connectivity index (χ4n) is 1.97. The van der Waals surface area contributed by atoms with E-state index in [4.69, 9.17) is 11.0 Å². The van der Waals surface area contributed by atoms with Gasteiger partial charge in [-0.25, -0.2) is 0 Å². The number of nitriles is 1. The second kappa shape index (κ2) is 4.96. The van der Waals surface area contributed by atoms with E-state index in [0.29, 0.717) is 0 Å². The molecule has 3 nitrogen and oxygen atoms in total. The van der Waals surface area contributed by atoms with Crippen molar-refractivity contribution in [2.24, 2.45) is 17.6 Å². The summed E-state index contributed by atoms with van der Waals surface area (Å²) < 4.78 is 0. The van der Waals surface area contributed by atoms with Crippen LogP contribution in [0.2, 0.25) is 0 Å². The van der Waals surface area contributed by atoms with Crippen LogP contribution in [0.15, 0.2) is 0 Å². The highest BCUT2D eigenvalue weighted by Crippen LogP contribution is 2.33. The van der Waals surface area contributed by atoms with Gasteiger partial charge in [0.15, 0.2) is 0 Å². The molecule has 2 fully saturated rings. The van der Waals surface area contributed by atoms with Crippen molar-refractivity contribution in [2.45, 2.75) is 38.1 Å². The molecule has 2 N–H and O–H groups in total. The van der Waals surface area contributed by atoms with E-state index in [1.165, 1.54) is 38.8 Å². The molecule has 2 rings (SSSR count). The number of rotatable bonds is 7. The molecule has 2 saturated carbocycles. The largest absolute Gasteiger partial charge is 0.316 e. The van der Waals surface area contributed by atoms with Gasteiger partial charge >= 0.3 is 0 Å². The molecule has 0 aromatic heterocycles. The quantitative estimate of drug-likeness (QED) is 0.685. The predicted molar refractivity (Wildman–Crippen MR) is 60.1 cm³/mol. The molecule has 15 heavy (non-hydrogen) atoms. The molecule has 1 unspecified atom stereocenters. The Morgan fingerprint density at radius 3 is 2.13 bits per heavy atom. The standard InChI is InChI=1S/C12H21N3/c13-7-12(14)5-6-15(8-10-1-2-10)9-11-3-4-11/h10-12H,1-6,8-9,14H2. The zero-order valence-corrected chi connectivity index (χ0v) is 9.36. The van der Waals surface area contributed by atoms with Gasteiger partial charge in [0.2, 0.25) is 0 Å². The molecular weight excluding hydrogens is 186 g/mol. The van der Waals surface area contributed by atoms with E-state index >= 15 is 0 Å². The minimum absolute atomic E-state index is 0.272. The fourth-order valence-corrected chi connectivity index (χ4v) is 1.97. The summed E-state index contributed by atoms with van der Waals surface area (Å²) in [5.74, 6) is 1.89. The molecule has 0 bridgehead atoms. The fraction of sp³-hybridized carbons (Fsp3) is 0.917. The number of nitrogens with two attached hydrogens (primary N) is 1. The van der Waals surface area contributed by atoms with E-state index < -0.39 is 0 Å². The highest BCUT2D eigenvalue weighted by molar-refractivity contribution is 4.88. The van der Waals surface area contributed by atoms with Crippen LogP contribution in [0.25, 0.3) is 0 Å². The maximum absolute atomic E-state index is 8.64.